The Hall–Kier alpha value is -2.31. The van der Waals surface area contributed by atoms with Crippen molar-refractivity contribution >= 4 is 5.65 Å². The first kappa shape index (κ1) is 18.7. The highest BCUT2D eigenvalue weighted by Gasteiger charge is 2.26. The smallest absolute Gasteiger partial charge is 0.155 e. The highest BCUT2D eigenvalue weighted by molar-refractivity contribution is 5.64. The molecular formula is C23H27FN4O. The summed E-state index contributed by atoms with van der Waals surface area (Å²) in [6.07, 6.45) is 6.55. The van der Waals surface area contributed by atoms with Crippen LogP contribution < -0.4 is 0 Å². The number of ether oxygens (including phenoxy) is 1. The molecule has 5 nitrogen and oxygen atoms in total. The van der Waals surface area contributed by atoms with Crippen LogP contribution >= 0.6 is 0 Å². The Morgan fingerprint density at radius 2 is 1.83 bits per heavy atom. The van der Waals surface area contributed by atoms with Gasteiger partial charge in [-0.25, -0.2) is 13.9 Å². The van der Waals surface area contributed by atoms with Crippen molar-refractivity contribution in [1.29, 1.82) is 0 Å². The van der Waals surface area contributed by atoms with Crippen LogP contribution in [0.25, 0.3) is 16.8 Å². The first-order valence-corrected chi connectivity index (χ1v) is 10.7. The molecule has 0 N–H and O–H groups in total. The topological polar surface area (TPSA) is 42.7 Å². The summed E-state index contributed by atoms with van der Waals surface area (Å²) in [4.78, 5) is 7.37. The predicted molar refractivity (Wildman–Crippen MR) is 110 cm³/mol. The van der Waals surface area contributed by atoms with Gasteiger partial charge < -0.3 is 9.64 Å². The van der Waals surface area contributed by atoms with Crippen molar-refractivity contribution in [2.45, 2.75) is 31.6 Å². The lowest BCUT2D eigenvalue weighted by molar-refractivity contribution is 0.0486. The van der Waals surface area contributed by atoms with Gasteiger partial charge >= 0.3 is 0 Å². The summed E-state index contributed by atoms with van der Waals surface area (Å²) >= 11 is 0. The molecule has 0 saturated carbocycles. The summed E-state index contributed by atoms with van der Waals surface area (Å²) in [5.74, 6) is 1.91. The summed E-state index contributed by atoms with van der Waals surface area (Å²) in [6, 6.07) is 10.6. The standard InChI is InChI=1S/C23H27FN4O/c24-21-3-1-2-19(14-21)20-4-5-22-25-23(26-28(22)16-20)18-6-10-27(11-7-18)15-17-8-12-29-13-9-17/h1-5,14,16-18H,6-13,15H2. The van der Waals surface area contributed by atoms with E-state index in [1.165, 1.54) is 25.5 Å². The van der Waals surface area contributed by atoms with E-state index in [9.17, 15) is 4.39 Å². The van der Waals surface area contributed by atoms with Crippen LogP contribution in [0, 0.1) is 11.7 Å². The van der Waals surface area contributed by atoms with Gasteiger partial charge in [0, 0.05) is 37.4 Å². The third-order valence-corrected chi connectivity index (χ3v) is 6.32. The lowest BCUT2D eigenvalue weighted by atomic mass is 9.93. The normalized spacial score (nSPS) is 19.8. The van der Waals surface area contributed by atoms with Crippen molar-refractivity contribution in [3.8, 4) is 11.1 Å². The van der Waals surface area contributed by atoms with Gasteiger partial charge in [0.1, 0.15) is 5.82 Å². The van der Waals surface area contributed by atoms with E-state index >= 15 is 0 Å². The summed E-state index contributed by atoms with van der Waals surface area (Å²) in [7, 11) is 0. The molecule has 5 rings (SSSR count). The number of rotatable bonds is 4. The monoisotopic (exact) mass is 394 g/mol. The van der Waals surface area contributed by atoms with E-state index in [1.807, 2.05) is 28.9 Å². The molecule has 0 atom stereocenters. The fourth-order valence-electron chi connectivity index (χ4n) is 4.58. The second-order valence-corrected chi connectivity index (χ2v) is 8.33. The molecule has 2 aliphatic heterocycles. The Morgan fingerprint density at radius 3 is 2.62 bits per heavy atom. The number of piperidine rings is 1. The number of aromatic nitrogens is 3. The van der Waals surface area contributed by atoms with Crippen molar-refractivity contribution in [3.63, 3.8) is 0 Å². The van der Waals surface area contributed by atoms with Crippen LogP contribution in [0.2, 0.25) is 0 Å². The van der Waals surface area contributed by atoms with Crippen molar-refractivity contribution < 1.29 is 9.13 Å². The van der Waals surface area contributed by atoms with Crippen molar-refractivity contribution in [1.82, 2.24) is 19.5 Å². The first-order chi connectivity index (χ1) is 14.2. The molecule has 2 saturated heterocycles. The Morgan fingerprint density at radius 1 is 1.00 bits per heavy atom. The van der Waals surface area contributed by atoms with Gasteiger partial charge in [-0.3, -0.25) is 0 Å². The van der Waals surface area contributed by atoms with Crippen LogP contribution in [-0.2, 0) is 4.74 Å². The van der Waals surface area contributed by atoms with Crippen LogP contribution in [0.1, 0.15) is 37.4 Å². The van der Waals surface area contributed by atoms with E-state index in [0.29, 0.717) is 5.92 Å². The zero-order valence-corrected chi connectivity index (χ0v) is 16.6. The van der Waals surface area contributed by atoms with Gasteiger partial charge in [-0.05, 0) is 74.5 Å². The van der Waals surface area contributed by atoms with Gasteiger partial charge in [-0.15, -0.1) is 0 Å². The first-order valence-electron chi connectivity index (χ1n) is 10.7. The fourth-order valence-corrected chi connectivity index (χ4v) is 4.58. The number of fused-ring (bicyclic) bond motifs is 1. The SMILES string of the molecule is Fc1cccc(-c2ccc3nc(C4CCN(CC5CCOCC5)CC4)nn3c2)c1. The highest BCUT2D eigenvalue weighted by atomic mass is 19.1. The molecule has 6 heteroatoms. The molecule has 0 unspecified atom stereocenters. The molecule has 2 aliphatic rings. The van der Waals surface area contributed by atoms with Crippen LogP contribution in [0.4, 0.5) is 4.39 Å². The third-order valence-electron chi connectivity index (χ3n) is 6.32. The molecule has 0 aliphatic carbocycles. The molecule has 29 heavy (non-hydrogen) atoms. The van der Waals surface area contributed by atoms with Crippen molar-refractivity contribution in [2.24, 2.45) is 5.92 Å². The maximum absolute atomic E-state index is 13.5. The Balaban J connectivity index is 1.26. The second kappa shape index (κ2) is 8.20. The van der Waals surface area contributed by atoms with Gasteiger partial charge in [0.2, 0.25) is 0 Å². The van der Waals surface area contributed by atoms with E-state index < -0.39 is 0 Å². The second-order valence-electron chi connectivity index (χ2n) is 8.33. The average molecular weight is 394 g/mol. The maximum atomic E-state index is 13.5. The molecule has 0 radical (unpaired) electrons. The van der Waals surface area contributed by atoms with Gasteiger partial charge in [-0.2, -0.15) is 5.10 Å². The van der Waals surface area contributed by atoms with Gasteiger partial charge in [0.15, 0.2) is 11.5 Å². The van der Waals surface area contributed by atoms with Crippen molar-refractivity contribution in [3.05, 3.63) is 54.2 Å². The van der Waals surface area contributed by atoms with Gasteiger partial charge in [0.05, 0.1) is 0 Å². The lowest BCUT2D eigenvalue weighted by Gasteiger charge is -2.34. The van der Waals surface area contributed by atoms with Crippen LogP contribution in [-0.4, -0.2) is 52.3 Å². The van der Waals surface area contributed by atoms with E-state index in [-0.39, 0.29) is 5.82 Å². The lowest BCUT2D eigenvalue weighted by Crippen LogP contribution is -2.38. The Kier molecular flexibility index (Phi) is 5.29. The van der Waals surface area contributed by atoms with Crippen LogP contribution in [0.15, 0.2) is 42.6 Å². The number of hydrogen-bond donors (Lipinski definition) is 0. The Bertz CT molecular complexity index is 974. The molecule has 2 fully saturated rings. The summed E-state index contributed by atoms with van der Waals surface area (Å²) in [5, 5.41) is 4.76. The van der Waals surface area contributed by atoms with Gasteiger partial charge in [-0.1, -0.05) is 12.1 Å². The average Bonchev–Trinajstić information content (AvgIpc) is 3.18. The van der Waals surface area contributed by atoms with E-state index in [4.69, 9.17) is 14.8 Å². The number of likely N-dealkylation sites (tertiary alicyclic amines) is 1. The number of halogens is 1. The van der Waals surface area contributed by atoms with Gasteiger partial charge in [0.25, 0.3) is 0 Å². The summed E-state index contributed by atoms with van der Waals surface area (Å²) in [6.45, 7) is 5.28. The zero-order valence-electron chi connectivity index (χ0n) is 16.6. The molecular weight excluding hydrogens is 367 g/mol. The fraction of sp³-hybridized carbons (Fsp3) is 0.478. The summed E-state index contributed by atoms with van der Waals surface area (Å²) in [5.41, 5.74) is 2.65. The molecule has 0 bridgehead atoms. The largest absolute Gasteiger partial charge is 0.381 e. The molecule has 0 amide bonds. The minimum Gasteiger partial charge on any atom is -0.381 e. The van der Waals surface area contributed by atoms with E-state index in [2.05, 4.69) is 4.90 Å². The van der Waals surface area contributed by atoms with E-state index in [1.54, 1.807) is 12.1 Å². The summed E-state index contributed by atoms with van der Waals surface area (Å²) < 4.78 is 20.9. The van der Waals surface area contributed by atoms with Crippen LogP contribution in [0.5, 0.6) is 0 Å². The minimum atomic E-state index is -0.227. The molecule has 4 heterocycles. The highest BCUT2D eigenvalue weighted by Crippen LogP contribution is 2.28. The molecule has 0 spiro atoms. The molecule has 3 aromatic rings. The quantitative estimate of drug-likeness (QED) is 0.667. The van der Waals surface area contributed by atoms with Crippen LogP contribution in [0.3, 0.4) is 0 Å². The number of nitrogens with zero attached hydrogens (tertiary/aromatic N) is 4. The van der Waals surface area contributed by atoms with E-state index in [0.717, 1.165) is 67.7 Å². The predicted octanol–water partition coefficient (Wildman–Crippen LogP) is 4.14. The number of benzene rings is 1. The number of hydrogen-bond acceptors (Lipinski definition) is 4. The maximum Gasteiger partial charge on any atom is 0.155 e. The molecule has 2 aromatic heterocycles. The number of pyridine rings is 1. The molecule has 1 aromatic carbocycles. The third kappa shape index (κ3) is 4.19. The minimum absolute atomic E-state index is 0.227. The Labute approximate surface area is 170 Å². The zero-order chi connectivity index (χ0) is 19.6. The van der Waals surface area contributed by atoms with Crippen molar-refractivity contribution in [2.75, 3.05) is 32.8 Å². The molecule has 152 valence electrons.